The van der Waals surface area contributed by atoms with Crippen LogP contribution < -0.4 is 0 Å². The Morgan fingerprint density at radius 1 is 1.17 bits per heavy atom. The van der Waals surface area contributed by atoms with Gasteiger partial charge in [-0.3, -0.25) is 0 Å². The molecule has 3 nitrogen and oxygen atoms in total. The Labute approximate surface area is 112 Å². The standard InChI is InChI=1S/C14H18N2OS/c1-3-14(17,4-2)9-18-13-11-7-5-6-8-12(11)15-10-16-13/h5-8,10,17H,3-4,9H2,1-2H3. The van der Waals surface area contributed by atoms with Gasteiger partial charge in [0.2, 0.25) is 0 Å². The monoisotopic (exact) mass is 262 g/mol. The maximum atomic E-state index is 10.3. The van der Waals surface area contributed by atoms with Crippen LogP contribution in [0.4, 0.5) is 0 Å². The summed E-state index contributed by atoms with van der Waals surface area (Å²) in [5.41, 5.74) is 0.350. The zero-order valence-corrected chi connectivity index (χ0v) is 11.6. The number of aromatic nitrogens is 2. The van der Waals surface area contributed by atoms with Crippen LogP contribution >= 0.6 is 11.8 Å². The summed E-state index contributed by atoms with van der Waals surface area (Å²) in [5, 5.41) is 12.3. The molecule has 1 heterocycles. The summed E-state index contributed by atoms with van der Waals surface area (Å²) >= 11 is 1.60. The van der Waals surface area contributed by atoms with Crippen LogP contribution in [0.2, 0.25) is 0 Å². The Morgan fingerprint density at radius 2 is 1.89 bits per heavy atom. The van der Waals surface area contributed by atoms with Crippen LogP contribution in [0.3, 0.4) is 0 Å². The number of thioether (sulfide) groups is 1. The quantitative estimate of drug-likeness (QED) is 0.663. The van der Waals surface area contributed by atoms with Crippen LogP contribution in [0, 0.1) is 0 Å². The number of rotatable bonds is 5. The van der Waals surface area contributed by atoms with E-state index >= 15 is 0 Å². The first-order chi connectivity index (χ1) is 8.68. The van der Waals surface area contributed by atoms with E-state index in [1.54, 1.807) is 18.1 Å². The maximum Gasteiger partial charge on any atom is 0.117 e. The molecule has 0 aliphatic heterocycles. The molecular weight excluding hydrogens is 244 g/mol. The van der Waals surface area contributed by atoms with E-state index in [9.17, 15) is 5.11 Å². The van der Waals surface area contributed by atoms with Crippen molar-refractivity contribution in [3.05, 3.63) is 30.6 Å². The van der Waals surface area contributed by atoms with Gasteiger partial charge >= 0.3 is 0 Å². The first-order valence-corrected chi connectivity index (χ1v) is 7.22. The largest absolute Gasteiger partial charge is 0.389 e. The summed E-state index contributed by atoms with van der Waals surface area (Å²) < 4.78 is 0. The predicted octanol–water partition coefficient (Wildman–Crippen LogP) is 3.27. The van der Waals surface area contributed by atoms with Gasteiger partial charge in [-0.15, -0.1) is 11.8 Å². The van der Waals surface area contributed by atoms with Gasteiger partial charge in [0, 0.05) is 11.1 Å². The van der Waals surface area contributed by atoms with Gasteiger partial charge in [0.1, 0.15) is 11.4 Å². The molecule has 0 amide bonds. The minimum atomic E-state index is -0.600. The van der Waals surface area contributed by atoms with E-state index in [0.29, 0.717) is 5.75 Å². The molecule has 0 bridgehead atoms. The average molecular weight is 262 g/mol. The smallest absolute Gasteiger partial charge is 0.117 e. The molecule has 0 fully saturated rings. The number of fused-ring (bicyclic) bond motifs is 1. The minimum Gasteiger partial charge on any atom is -0.389 e. The van der Waals surface area contributed by atoms with E-state index in [2.05, 4.69) is 9.97 Å². The van der Waals surface area contributed by atoms with Crippen molar-refractivity contribution in [2.45, 2.75) is 37.3 Å². The van der Waals surface area contributed by atoms with Crippen molar-refractivity contribution in [2.75, 3.05) is 5.75 Å². The lowest BCUT2D eigenvalue weighted by Crippen LogP contribution is -2.29. The summed E-state index contributed by atoms with van der Waals surface area (Å²) in [6.07, 6.45) is 3.11. The third-order valence-electron chi connectivity index (χ3n) is 3.30. The highest BCUT2D eigenvalue weighted by molar-refractivity contribution is 7.99. The van der Waals surface area contributed by atoms with Crippen LogP contribution in [0.5, 0.6) is 0 Å². The molecule has 2 rings (SSSR count). The molecule has 2 aromatic rings. The molecule has 1 aromatic carbocycles. The summed E-state index contributed by atoms with van der Waals surface area (Å²) in [4.78, 5) is 8.56. The molecule has 0 atom stereocenters. The lowest BCUT2D eigenvalue weighted by Gasteiger charge is -2.24. The molecule has 1 N–H and O–H groups in total. The molecule has 0 saturated heterocycles. The number of hydrogen-bond acceptors (Lipinski definition) is 4. The molecule has 96 valence electrons. The number of benzene rings is 1. The van der Waals surface area contributed by atoms with Gasteiger partial charge in [-0.2, -0.15) is 0 Å². The predicted molar refractivity (Wildman–Crippen MR) is 75.8 cm³/mol. The SMILES string of the molecule is CCC(O)(CC)CSc1ncnc2ccccc12. The van der Waals surface area contributed by atoms with Crippen LogP contribution in [0.1, 0.15) is 26.7 Å². The Morgan fingerprint density at radius 3 is 2.61 bits per heavy atom. The topological polar surface area (TPSA) is 46.0 Å². The average Bonchev–Trinajstić information content (AvgIpc) is 2.44. The van der Waals surface area contributed by atoms with Crippen molar-refractivity contribution in [2.24, 2.45) is 0 Å². The first-order valence-electron chi connectivity index (χ1n) is 6.23. The molecule has 4 heteroatoms. The Kier molecular flexibility index (Phi) is 4.19. The Balaban J connectivity index is 2.22. The molecular formula is C14H18N2OS. The third kappa shape index (κ3) is 2.82. The van der Waals surface area contributed by atoms with E-state index in [1.165, 1.54) is 0 Å². The number of para-hydroxylation sites is 1. The fourth-order valence-electron chi connectivity index (χ4n) is 1.75. The van der Waals surface area contributed by atoms with E-state index in [1.807, 2.05) is 38.1 Å². The van der Waals surface area contributed by atoms with E-state index < -0.39 is 5.60 Å². The van der Waals surface area contributed by atoms with Crippen LogP contribution in [-0.4, -0.2) is 26.4 Å². The van der Waals surface area contributed by atoms with Crippen LogP contribution in [-0.2, 0) is 0 Å². The second kappa shape index (κ2) is 5.67. The molecule has 18 heavy (non-hydrogen) atoms. The number of hydrogen-bond donors (Lipinski definition) is 1. The van der Waals surface area contributed by atoms with Crippen molar-refractivity contribution in [1.82, 2.24) is 9.97 Å². The lowest BCUT2D eigenvalue weighted by molar-refractivity contribution is 0.0572. The zero-order chi connectivity index (χ0) is 13.0. The van der Waals surface area contributed by atoms with Gasteiger partial charge in [0.15, 0.2) is 0 Å². The second-order valence-electron chi connectivity index (χ2n) is 4.42. The van der Waals surface area contributed by atoms with Crippen molar-refractivity contribution >= 4 is 22.7 Å². The number of aliphatic hydroxyl groups is 1. The van der Waals surface area contributed by atoms with Gasteiger partial charge < -0.3 is 5.11 Å². The van der Waals surface area contributed by atoms with Crippen molar-refractivity contribution in [3.8, 4) is 0 Å². The lowest BCUT2D eigenvalue weighted by atomic mass is 10.0. The molecule has 0 spiro atoms. The highest BCUT2D eigenvalue weighted by Crippen LogP contribution is 2.29. The highest BCUT2D eigenvalue weighted by Gasteiger charge is 2.22. The van der Waals surface area contributed by atoms with E-state index in [0.717, 1.165) is 28.8 Å². The Hall–Kier alpha value is -1.13. The van der Waals surface area contributed by atoms with Gasteiger partial charge in [0.05, 0.1) is 11.1 Å². The highest BCUT2D eigenvalue weighted by atomic mass is 32.2. The van der Waals surface area contributed by atoms with Gasteiger partial charge in [-0.25, -0.2) is 9.97 Å². The second-order valence-corrected chi connectivity index (χ2v) is 5.38. The van der Waals surface area contributed by atoms with Crippen LogP contribution in [0.25, 0.3) is 10.9 Å². The summed E-state index contributed by atoms with van der Waals surface area (Å²) in [7, 11) is 0. The summed E-state index contributed by atoms with van der Waals surface area (Å²) in [6.45, 7) is 4.03. The molecule has 0 saturated carbocycles. The van der Waals surface area contributed by atoms with Crippen molar-refractivity contribution in [1.29, 1.82) is 0 Å². The summed E-state index contributed by atoms with van der Waals surface area (Å²) in [5.74, 6) is 0.668. The van der Waals surface area contributed by atoms with Gasteiger partial charge in [-0.1, -0.05) is 32.0 Å². The fourth-order valence-corrected chi connectivity index (χ4v) is 3.02. The normalized spacial score (nSPS) is 11.9. The van der Waals surface area contributed by atoms with Crippen molar-refractivity contribution in [3.63, 3.8) is 0 Å². The van der Waals surface area contributed by atoms with Crippen molar-refractivity contribution < 1.29 is 5.11 Å². The molecule has 1 aromatic heterocycles. The van der Waals surface area contributed by atoms with Gasteiger partial charge in [0.25, 0.3) is 0 Å². The molecule has 0 aliphatic rings. The molecule has 0 radical (unpaired) electrons. The first kappa shape index (κ1) is 13.3. The van der Waals surface area contributed by atoms with Gasteiger partial charge in [-0.05, 0) is 18.9 Å². The molecule has 0 unspecified atom stereocenters. The number of nitrogens with zero attached hydrogens (tertiary/aromatic N) is 2. The van der Waals surface area contributed by atoms with E-state index in [4.69, 9.17) is 0 Å². The zero-order valence-electron chi connectivity index (χ0n) is 10.8. The Bertz CT molecular complexity index is 521. The third-order valence-corrected chi connectivity index (χ3v) is 4.58. The molecule has 0 aliphatic carbocycles. The van der Waals surface area contributed by atoms with Crippen LogP contribution in [0.15, 0.2) is 35.6 Å². The minimum absolute atomic E-state index is 0.600. The summed E-state index contributed by atoms with van der Waals surface area (Å²) in [6, 6.07) is 7.96. The van der Waals surface area contributed by atoms with E-state index in [-0.39, 0.29) is 0 Å². The fraction of sp³-hybridized carbons (Fsp3) is 0.429. The maximum absolute atomic E-state index is 10.3.